The number of fused-ring (bicyclic) bond motifs is 1. The number of hydrogen-bond donors (Lipinski definition) is 0. The van der Waals surface area contributed by atoms with Crippen LogP contribution in [0.1, 0.15) is 18.4 Å². The topological polar surface area (TPSA) is 57.0 Å². The second-order valence-corrected chi connectivity index (χ2v) is 5.13. The van der Waals surface area contributed by atoms with Gasteiger partial charge in [-0.2, -0.15) is 5.26 Å². The van der Waals surface area contributed by atoms with Gasteiger partial charge in [0.05, 0.1) is 16.8 Å². The Bertz CT molecular complexity index is 690. The number of rotatable bonds is 2. The minimum absolute atomic E-state index is 0.0576. The number of aromatic nitrogens is 1. The molecular formula is C16H15N3O. The van der Waals surface area contributed by atoms with Crippen molar-refractivity contribution in [2.75, 3.05) is 18.0 Å². The van der Waals surface area contributed by atoms with Gasteiger partial charge in [-0.25, -0.2) is 0 Å². The summed E-state index contributed by atoms with van der Waals surface area (Å²) in [7, 11) is 0. The van der Waals surface area contributed by atoms with E-state index in [-0.39, 0.29) is 5.92 Å². The zero-order chi connectivity index (χ0) is 13.9. The van der Waals surface area contributed by atoms with Crippen molar-refractivity contribution in [2.45, 2.75) is 12.8 Å². The molecule has 100 valence electrons. The fourth-order valence-electron chi connectivity index (χ4n) is 2.87. The van der Waals surface area contributed by atoms with Crippen LogP contribution in [0.15, 0.2) is 30.5 Å². The minimum Gasteiger partial charge on any atom is -0.369 e. The molecule has 1 aliphatic heterocycles. The standard InChI is InChI=1S/C16H15N3O/c17-8-13-9-18-15-6-2-1-5-14(15)16(13)19-7-3-4-12(10-19)11-20/h1-2,5-6,9,11-12H,3-4,7,10H2. The van der Waals surface area contributed by atoms with Crippen LogP contribution in [0, 0.1) is 17.2 Å². The molecule has 3 rings (SSSR count). The first-order valence-corrected chi connectivity index (χ1v) is 6.81. The van der Waals surface area contributed by atoms with Gasteiger partial charge in [-0.1, -0.05) is 18.2 Å². The Kier molecular flexibility index (Phi) is 3.34. The number of benzene rings is 1. The Labute approximate surface area is 117 Å². The highest BCUT2D eigenvalue weighted by Gasteiger charge is 2.23. The number of pyridine rings is 1. The predicted octanol–water partition coefficient (Wildman–Crippen LogP) is 2.52. The molecule has 4 nitrogen and oxygen atoms in total. The summed E-state index contributed by atoms with van der Waals surface area (Å²) in [6.45, 7) is 1.57. The quantitative estimate of drug-likeness (QED) is 0.783. The van der Waals surface area contributed by atoms with E-state index in [0.717, 1.165) is 42.3 Å². The van der Waals surface area contributed by atoms with Crippen LogP contribution >= 0.6 is 0 Å². The number of carbonyl (C=O) groups is 1. The van der Waals surface area contributed by atoms with Gasteiger partial charge in [0.25, 0.3) is 0 Å². The molecule has 0 N–H and O–H groups in total. The summed E-state index contributed by atoms with van der Waals surface area (Å²) < 4.78 is 0. The van der Waals surface area contributed by atoms with Gasteiger partial charge in [0.2, 0.25) is 0 Å². The number of hydrogen-bond acceptors (Lipinski definition) is 4. The lowest BCUT2D eigenvalue weighted by Crippen LogP contribution is -2.36. The maximum Gasteiger partial charge on any atom is 0.124 e. The molecule has 0 bridgehead atoms. The number of anilines is 1. The van der Waals surface area contributed by atoms with E-state index in [1.807, 2.05) is 24.3 Å². The molecular weight excluding hydrogens is 250 g/mol. The van der Waals surface area contributed by atoms with Crippen LogP contribution in [0.3, 0.4) is 0 Å². The van der Waals surface area contributed by atoms with Gasteiger partial charge in [-0.05, 0) is 18.9 Å². The Hall–Kier alpha value is -2.41. The van der Waals surface area contributed by atoms with Crippen LogP contribution in [0.25, 0.3) is 10.9 Å². The first-order valence-electron chi connectivity index (χ1n) is 6.81. The Morgan fingerprint density at radius 1 is 1.40 bits per heavy atom. The summed E-state index contributed by atoms with van der Waals surface area (Å²) in [6.07, 6.45) is 4.57. The molecule has 0 radical (unpaired) electrons. The molecule has 2 aromatic rings. The van der Waals surface area contributed by atoms with Gasteiger partial charge in [0, 0.05) is 30.6 Å². The Morgan fingerprint density at radius 3 is 3.05 bits per heavy atom. The maximum atomic E-state index is 11.1. The monoisotopic (exact) mass is 265 g/mol. The van der Waals surface area contributed by atoms with Crippen LogP contribution < -0.4 is 4.90 Å². The smallest absolute Gasteiger partial charge is 0.124 e. The van der Waals surface area contributed by atoms with E-state index in [9.17, 15) is 10.1 Å². The summed E-state index contributed by atoms with van der Waals surface area (Å²) in [5.41, 5.74) is 2.38. The predicted molar refractivity (Wildman–Crippen MR) is 77.5 cm³/mol. The molecule has 1 aromatic heterocycles. The van der Waals surface area contributed by atoms with Crippen LogP contribution in [0.2, 0.25) is 0 Å². The van der Waals surface area contributed by atoms with Crippen molar-refractivity contribution >= 4 is 22.9 Å². The van der Waals surface area contributed by atoms with Gasteiger partial charge in [-0.3, -0.25) is 4.98 Å². The second-order valence-electron chi connectivity index (χ2n) is 5.13. The first-order chi connectivity index (χ1) is 9.83. The summed E-state index contributed by atoms with van der Waals surface area (Å²) in [4.78, 5) is 17.5. The zero-order valence-corrected chi connectivity index (χ0v) is 11.1. The molecule has 0 amide bonds. The molecule has 4 heteroatoms. The average molecular weight is 265 g/mol. The number of piperidine rings is 1. The van der Waals surface area contributed by atoms with Crippen LogP contribution in [0.5, 0.6) is 0 Å². The lowest BCUT2D eigenvalue weighted by atomic mass is 9.97. The van der Waals surface area contributed by atoms with E-state index in [2.05, 4.69) is 16.0 Å². The highest BCUT2D eigenvalue weighted by molar-refractivity contribution is 5.94. The van der Waals surface area contributed by atoms with Crippen LogP contribution in [-0.2, 0) is 4.79 Å². The summed E-state index contributed by atoms with van der Waals surface area (Å²) in [6, 6.07) is 10.1. The number of nitriles is 1. The van der Waals surface area contributed by atoms with Crippen molar-refractivity contribution in [2.24, 2.45) is 5.92 Å². The number of carbonyl (C=O) groups excluding carboxylic acids is 1. The van der Waals surface area contributed by atoms with Crippen LogP contribution in [-0.4, -0.2) is 24.4 Å². The molecule has 0 spiro atoms. The van der Waals surface area contributed by atoms with Crippen molar-refractivity contribution in [3.05, 3.63) is 36.0 Å². The third-order valence-electron chi connectivity index (χ3n) is 3.83. The zero-order valence-electron chi connectivity index (χ0n) is 11.1. The molecule has 0 saturated carbocycles. The van der Waals surface area contributed by atoms with Gasteiger partial charge in [0.1, 0.15) is 12.4 Å². The van der Waals surface area contributed by atoms with Gasteiger partial charge < -0.3 is 9.69 Å². The maximum absolute atomic E-state index is 11.1. The van der Waals surface area contributed by atoms with Crippen molar-refractivity contribution in [1.82, 2.24) is 4.98 Å². The van der Waals surface area contributed by atoms with E-state index >= 15 is 0 Å². The van der Waals surface area contributed by atoms with Crippen LogP contribution in [0.4, 0.5) is 5.69 Å². The normalized spacial score (nSPS) is 18.8. The lowest BCUT2D eigenvalue weighted by molar-refractivity contribution is -0.111. The highest BCUT2D eigenvalue weighted by Crippen LogP contribution is 2.32. The summed E-state index contributed by atoms with van der Waals surface area (Å²) >= 11 is 0. The molecule has 1 aromatic carbocycles. The lowest BCUT2D eigenvalue weighted by Gasteiger charge is -2.33. The van der Waals surface area contributed by atoms with E-state index in [4.69, 9.17) is 0 Å². The molecule has 0 aliphatic carbocycles. The first kappa shape index (κ1) is 12.6. The van der Waals surface area contributed by atoms with E-state index in [1.54, 1.807) is 6.20 Å². The molecule has 2 heterocycles. The SMILES string of the molecule is N#Cc1cnc2ccccc2c1N1CCCC(C=O)C1. The average Bonchev–Trinajstić information content (AvgIpc) is 2.53. The Balaban J connectivity index is 2.13. The molecule has 1 unspecified atom stereocenters. The summed E-state index contributed by atoms with van der Waals surface area (Å²) in [5, 5.41) is 10.3. The van der Waals surface area contributed by atoms with Crippen molar-refractivity contribution in [3.8, 4) is 6.07 Å². The van der Waals surface area contributed by atoms with E-state index in [1.165, 1.54) is 0 Å². The van der Waals surface area contributed by atoms with Gasteiger partial charge in [0.15, 0.2) is 0 Å². The van der Waals surface area contributed by atoms with Crippen molar-refractivity contribution in [3.63, 3.8) is 0 Å². The number of nitrogens with zero attached hydrogens (tertiary/aromatic N) is 3. The van der Waals surface area contributed by atoms with Gasteiger partial charge in [-0.15, -0.1) is 0 Å². The van der Waals surface area contributed by atoms with Crippen molar-refractivity contribution in [1.29, 1.82) is 5.26 Å². The third kappa shape index (κ3) is 2.12. The minimum atomic E-state index is 0.0576. The molecule has 20 heavy (non-hydrogen) atoms. The Morgan fingerprint density at radius 2 is 2.25 bits per heavy atom. The largest absolute Gasteiger partial charge is 0.369 e. The second kappa shape index (κ2) is 5.30. The fourth-order valence-corrected chi connectivity index (χ4v) is 2.87. The molecule has 1 atom stereocenters. The number of aldehydes is 1. The van der Waals surface area contributed by atoms with Crippen molar-refractivity contribution < 1.29 is 4.79 Å². The number of para-hydroxylation sites is 1. The summed E-state index contributed by atoms with van der Waals surface area (Å²) in [5.74, 6) is 0.0576. The van der Waals surface area contributed by atoms with Gasteiger partial charge >= 0.3 is 0 Å². The van der Waals surface area contributed by atoms with E-state index < -0.39 is 0 Å². The molecule has 1 aliphatic rings. The highest BCUT2D eigenvalue weighted by atomic mass is 16.1. The fraction of sp³-hybridized carbons (Fsp3) is 0.312. The van der Waals surface area contributed by atoms with E-state index in [0.29, 0.717) is 12.1 Å². The molecule has 1 saturated heterocycles. The third-order valence-corrected chi connectivity index (χ3v) is 3.83. The molecule has 1 fully saturated rings.